The van der Waals surface area contributed by atoms with E-state index in [2.05, 4.69) is 12.6 Å². The first-order chi connectivity index (χ1) is 7.66. The van der Waals surface area contributed by atoms with Gasteiger partial charge >= 0.3 is 0 Å². The third-order valence-corrected chi connectivity index (χ3v) is 4.00. The minimum absolute atomic E-state index is 0.0563. The summed E-state index contributed by atoms with van der Waals surface area (Å²) >= 11 is 5.64. The van der Waals surface area contributed by atoms with Gasteiger partial charge in [-0.2, -0.15) is 0 Å². The molecule has 16 heavy (non-hydrogen) atoms. The summed E-state index contributed by atoms with van der Waals surface area (Å²) in [7, 11) is 1.82. The average molecular weight is 257 g/mol. The second kappa shape index (κ2) is 5.21. The van der Waals surface area contributed by atoms with E-state index < -0.39 is 0 Å². The molecule has 3 nitrogen and oxygen atoms in total. The van der Waals surface area contributed by atoms with Gasteiger partial charge in [-0.1, -0.05) is 0 Å². The molecule has 1 atom stereocenters. The summed E-state index contributed by atoms with van der Waals surface area (Å²) < 4.78 is 5.51. The van der Waals surface area contributed by atoms with Gasteiger partial charge in [-0.05, 0) is 18.9 Å². The molecule has 5 heteroatoms. The zero-order valence-corrected chi connectivity index (χ0v) is 10.9. The van der Waals surface area contributed by atoms with E-state index in [0.29, 0.717) is 6.54 Å². The first-order valence-corrected chi connectivity index (χ1v) is 6.64. The zero-order valence-electron chi connectivity index (χ0n) is 9.18. The SMILES string of the molecule is CN(CC1CCCO1)C(=O)c1cc(S)cs1. The van der Waals surface area contributed by atoms with Crippen molar-refractivity contribution < 1.29 is 9.53 Å². The number of carbonyl (C=O) groups is 1. The zero-order chi connectivity index (χ0) is 11.5. The Balaban J connectivity index is 1.93. The molecule has 0 aliphatic carbocycles. The second-order valence-electron chi connectivity index (χ2n) is 3.99. The minimum Gasteiger partial charge on any atom is -0.376 e. The van der Waals surface area contributed by atoms with Crippen LogP contribution in [0.5, 0.6) is 0 Å². The topological polar surface area (TPSA) is 29.5 Å². The van der Waals surface area contributed by atoms with E-state index in [0.717, 1.165) is 29.2 Å². The molecule has 1 fully saturated rings. The van der Waals surface area contributed by atoms with Crippen molar-refractivity contribution in [1.82, 2.24) is 4.90 Å². The lowest BCUT2D eigenvalue weighted by Gasteiger charge is -2.19. The lowest BCUT2D eigenvalue weighted by molar-refractivity contribution is 0.0590. The highest BCUT2D eigenvalue weighted by Crippen LogP contribution is 2.20. The highest BCUT2D eigenvalue weighted by Gasteiger charge is 2.21. The van der Waals surface area contributed by atoms with Crippen molar-refractivity contribution in [3.8, 4) is 0 Å². The maximum atomic E-state index is 12.0. The number of ether oxygens (including phenoxy) is 1. The molecule has 2 heterocycles. The predicted molar refractivity (Wildman–Crippen MR) is 67.5 cm³/mol. The Kier molecular flexibility index (Phi) is 3.89. The van der Waals surface area contributed by atoms with Crippen molar-refractivity contribution in [2.24, 2.45) is 0 Å². The van der Waals surface area contributed by atoms with E-state index in [-0.39, 0.29) is 12.0 Å². The van der Waals surface area contributed by atoms with Crippen LogP contribution >= 0.6 is 24.0 Å². The van der Waals surface area contributed by atoms with Crippen molar-refractivity contribution in [2.75, 3.05) is 20.2 Å². The number of nitrogens with zero attached hydrogens (tertiary/aromatic N) is 1. The average Bonchev–Trinajstić information content (AvgIpc) is 2.88. The van der Waals surface area contributed by atoms with E-state index in [4.69, 9.17) is 4.74 Å². The summed E-state index contributed by atoms with van der Waals surface area (Å²) in [4.78, 5) is 15.3. The fourth-order valence-corrected chi connectivity index (χ4v) is 2.95. The Bertz CT molecular complexity index is 372. The number of hydrogen-bond donors (Lipinski definition) is 1. The van der Waals surface area contributed by atoms with Crippen LogP contribution in [0.25, 0.3) is 0 Å². The van der Waals surface area contributed by atoms with Crippen molar-refractivity contribution in [2.45, 2.75) is 23.8 Å². The second-order valence-corrected chi connectivity index (χ2v) is 5.42. The molecular weight excluding hydrogens is 242 g/mol. The molecule has 2 rings (SSSR count). The number of thiol groups is 1. The van der Waals surface area contributed by atoms with Crippen LogP contribution in [0, 0.1) is 0 Å². The van der Waals surface area contributed by atoms with Gasteiger partial charge in [0.25, 0.3) is 5.91 Å². The molecule has 0 radical (unpaired) electrons. The summed E-state index contributed by atoms with van der Waals surface area (Å²) in [6.07, 6.45) is 2.37. The summed E-state index contributed by atoms with van der Waals surface area (Å²) in [5, 5.41) is 1.87. The van der Waals surface area contributed by atoms with Crippen LogP contribution in [0.4, 0.5) is 0 Å². The highest BCUT2D eigenvalue weighted by molar-refractivity contribution is 7.80. The molecule has 1 aromatic heterocycles. The van der Waals surface area contributed by atoms with Gasteiger partial charge in [-0.15, -0.1) is 24.0 Å². The molecule has 0 bridgehead atoms. The molecular formula is C11H15NO2S2. The Hall–Kier alpha value is -0.520. The Morgan fingerprint density at radius 1 is 1.75 bits per heavy atom. The van der Waals surface area contributed by atoms with Gasteiger partial charge in [-0.25, -0.2) is 0 Å². The predicted octanol–water partition coefficient (Wildman–Crippen LogP) is 2.29. The normalized spacial score (nSPS) is 20.0. The smallest absolute Gasteiger partial charge is 0.263 e. The molecule has 0 spiro atoms. The quantitative estimate of drug-likeness (QED) is 0.842. The number of rotatable bonds is 3. The molecule has 1 aromatic rings. The number of thiophene rings is 1. The van der Waals surface area contributed by atoms with Gasteiger partial charge in [0.1, 0.15) is 0 Å². The van der Waals surface area contributed by atoms with E-state index in [9.17, 15) is 4.79 Å². The molecule has 1 unspecified atom stereocenters. The van der Waals surface area contributed by atoms with E-state index >= 15 is 0 Å². The first kappa shape index (κ1) is 12.0. The fourth-order valence-electron chi connectivity index (χ4n) is 1.80. The van der Waals surface area contributed by atoms with Gasteiger partial charge in [-0.3, -0.25) is 4.79 Å². The summed E-state index contributed by atoms with van der Waals surface area (Å²) in [6, 6.07) is 1.81. The molecule has 0 saturated carbocycles. The van der Waals surface area contributed by atoms with E-state index in [1.807, 2.05) is 18.5 Å². The van der Waals surface area contributed by atoms with Crippen LogP contribution in [-0.2, 0) is 4.74 Å². The molecule has 1 aliphatic heterocycles. The third-order valence-electron chi connectivity index (χ3n) is 2.64. The van der Waals surface area contributed by atoms with Crippen LogP contribution in [0.3, 0.4) is 0 Å². The van der Waals surface area contributed by atoms with Crippen LogP contribution in [0.15, 0.2) is 16.3 Å². The van der Waals surface area contributed by atoms with Gasteiger partial charge in [0.15, 0.2) is 0 Å². The third kappa shape index (κ3) is 2.78. The standard InChI is InChI=1S/C11H15NO2S2/c1-12(6-8-3-2-4-14-8)11(13)10-5-9(15)7-16-10/h5,7-8,15H,2-4,6H2,1H3. The van der Waals surface area contributed by atoms with Gasteiger partial charge in [0.05, 0.1) is 11.0 Å². The Morgan fingerprint density at radius 2 is 2.56 bits per heavy atom. The highest BCUT2D eigenvalue weighted by atomic mass is 32.1. The summed E-state index contributed by atoms with van der Waals surface area (Å²) in [6.45, 7) is 1.51. The largest absolute Gasteiger partial charge is 0.376 e. The molecule has 1 amide bonds. The number of amides is 1. The lowest BCUT2D eigenvalue weighted by atomic mass is 10.2. The minimum atomic E-state index is 0.0563. The van der Waals surface area contributed by atoms with Gasteiger partial charge < -0.3 is 9.64 Å². The van der Waals surface area contributed by atoms with Crippen molar-refractivity contribution in [3.63, 3.8) is 0 Å². The van der Waals surface area contributed by atoms with E-state index in [1.165, 1.54) is 11.3 Å². The number of likely N-dealkylation sites (N-methyl/N-ethyl adjacent to an activating group) is 1. The van der Waals surface area contributed by atoms with Crippen molar-refractivity contribution in [1.29, 1.82) is 0 Å². The maximum absolute atomic E-state index is 12.0. The van der Waals surface area contributed by atoms with Crippen LogP contribution in [0.1, 0.15) is 22.5 Å². The molecule has 1 saturated heterocycles. The first-order valence-electron chi connectivity index (χ1n) is 5.31. The number of hydrogen-bond acceptors (Lipinski definition) is 4. The molecule has 0 aromatic carbocycles. The van der Waals surface area contributed by atoms with Crippen LogP contribution in [-0.4, -0.2) is 37.1 Å². The summed E-state index contributed by atoms with van der Waals surface area (Å²) in [5.74, 6) is 0.0563. The van der Waals surface area contributed by atoms with Crippen LogP contribution in [0.2, 0.25) is 0 Å². The number of carbonyl (C=O) groups excluding carboxylic acids is 1. The fraction of sp³-hybridized carbons (Fsp3) is 0.545. The van der Waals surface area contributed by atoms with Gasteiger partial charge in [0.2, 0.25) is 0 Å². The van der Waals surface area contributed by atoms with E-state index in [1.54, 1.807) is 4.90 Å². The van der Waals surface area contributed by atoms with Crippen molar-refractivity contribution >= 4 is 29.9 Å². The molecule has 1 aliphatic rings. The van der Waals surface area contributed by atoms with Crippen LogP contribution < -0.4 is 0 Å². The van der Waals surface area contributed by atoms with Crippen molar-refractivity contribution in [3.05, 3.63) is 16.3 Å². The Labute approximate surface area is 105 Å². The molecule has 88 valence electrons. The summed E-state index contributed by atoms with van der Waals surface area (Å²) in [5.41, 5.74) is 0. The monoisotopic (exact) mass is 257 g/mol. The lowest BCUT2D eigenvalue weighted by Crippen LogP contribution is -2.33. The Morgan fingerprint density at radius 3 is 3.12 bits per heavy atom. The van der Waals surface area contributed by atoms with Gasteiger partial charge in [0, 0.05) is 30.5 Å². The maximum Gasteiger partial charge on any atom is 0.263 e. The molecule has 0 N–H and O–H groups in total.